The zero-order valence-electron chi connectivity index (χ0n) is 13.5. The maximum Gasteiger partial charge on any atom is 0.335 e. The van der Waals surface area contributed by atoms with Crippen molar-refractivity contribution in [1.82, 2.24) is 10.6 Å². The van der Waals surface area contributed by atoms with Crippen LogP contribution in [-0.4, -0.2) is 23.1 Å². The third-order valence-corrected chi connectivity index (χ3v) is 4.72. The number of carbonyl (C=O) groups excluding carboxylic acids is 1. The fraction of sp³-hybridized carbons (Fsp3) is 0.263. The minimum absolute atomic E-state index is 0.176. The summed E-state index contributed by atoms with van der Waals surface area (Å²) in [6.07, 6.45) is 1.84. The van der Waals surface area contributed by atoms with Crippen LogP contribution in [0.2, 0.25) is 5.02 Å². The maximum atomic E-state index is 11.9. The van der Waals surface area contributed by atoms with Crippen LogP contribution < -0.4 is 10.6 Å². The lowest BCUT2D eigenvalue weighted by Gasteiger charge is -2.36. The van der Waals surface area contributed by atoms with E-state index in [0.717, 1.165) is 23.4 Å². The second-order valence-electron chi connectivity index (χ2n) is 6.25. The zero-order valence-corrected chi connectivity index (χ0v) is 14.3. The van der Waals surface area contributed by atoms with Gasteiger partial charge in [-0.15, -0.1) is 0 Å². The number of rotatable bonds is 5. The Hall–Kier alpha value is -2.53. The predicted octanol–water partition coefficient (Wildman–Crippen LogP) is 3.78. The van der Waals surface area contributed by atoms with Crippen molar-refractivity contribution in [2.24, 2.45) is 0 Å². The third kappa shape index (κ3) is 4.51. The van der Waals surface area contributed by atoms with E-state index < -0.39 is 5.97 Å². The molecule has 0 bridgehead atoms. The highest BCUT2D eigenvalue weighted by Crippen LogP contribution is 2.37. The van der Waals surface area contributed by atoms with Crippen LogP contribution in [0.15, 0.2) is 48.5 Å². The van der Waals surface area contributed by atoms with Gasteiger partial charge in [0.05, 0.1) is 5.56 Å². The monoisotopic (exact) mass is 358 g/mol. The van der Waals surface area contributed by atoms with E-state index in [0.29, 0.717) is 12.5 Å². The largest absolute Gasteiger partial charge is 0.478 e. The number of amides is 2. The van der Waals surface area contributed by atoms with Crippen LogP contribution in [0.25, 0.3) is 0 Å². The summed E-state index contributed by atoms with van der Waals surface area (Å²) in [5.74, 6) is -0.497. The van der Waals surface area contributed by atoms with Crippen LogP contribution in [-0.2, 0) is 6.54 Å². The molecule has 2 amide bonds. The molecule has 0 aromatic heterocycles. The molecule has 0 heterocycles. The highest BCUT2D eigenvalue weighted by atomic mass is 35.5. The Bertz CT molecular complexity index is 753. The van der Waals surface area contributed by atoms with Gasteiger partial charge in [-0.05, 0) is 54.2 Å². The predicted molar refractivity (Wildman–Crippen MR) is 96.0 cm³/mol. The Kier molecular flexibility index (Phi) is 5.24. The molecular formula is C19H19ClN2O3. The molecule has 3 N–H and O–H groups in total. The summed E-state index contributed by atoms with van der Waals surface area (Å²) in [5.41, 5.74) is 2.34. The molecule has 0 atom stereocenters. The Morgan fingerprint density at radius 3 is 2.28 bits per heavy atom. The van der Waals surface area contributed by atoms with Crippen LogP contribution in [0.1, 0.15) is 40.2 Å². The Balaban J connectivity index is 1.40. The topological polar surface area (TPSA) is 78.4 Å². The van der Waals surface area contributed by atoms with E-state index in [9.17, 15) is 9.59 Å². The molecule has 0 spiro atoms. The van der Waals surface area contributed by atoms with E-state index in [2.05, 4.69) is 10.6 Å². The van der Waals surface area contributed by atoms with Gasteiger partial charge < -0.3 is 15.7 Å². The van der Waals surface area contributed by atoms with Gasteiger partial charge in [-0.1, -0.05) is 35.9 Å². The standard InChI is InChI=1S/C19H19ClN2O3/c20-16-7-5-13(6-8-16)15-9-17(10-15)22-19(25)21-11-12-1-3-14(4-2-12)18(23)24/h1-8,15,17H,9-11H2,(H,23,24)(H2,21,22,25). The molecule has 2 aromatic carbocycles. The first-order valence-electron chi connectivity index (χ1n) is 8.13. The summed E-state index contributed by atoms with van der Waals surface area (Å²) in [6, 6.07) is 14.3. The van der Waals surface area contributed by atoms with Gasteiger partial charge in [-0.2, -0.15) is 0 Å². The van der Waals surface area contributed by atoms with Gasteiger partial charge >= 0.3 is 12.0 Å². The minimum Gasteiger partial charge on any atom is -0.478 e. The number of hydrogen-bond acceptors (Lipinski definition) is 2. The van der Waals surface area contributed by atoms with E-state index in [4.69, 9.17) is 16.7 Å². The lowest BCUT2D eigenvalue weighted by Crippen LogP contribution is -2.47. The Morgan fingerprint density at radius 2 is 1.68 bits per heavy atom. The van der Waals surface area contributed by atoms with Gasteiger partial charge in [0.15, 0.2) is 0 Å². The van der Waals surface area contributed by atoms with Gasteiger partial charge in [0.2, 0.25) is 0 Å². The number of carboxylic acids is 1. The van der Waals surface area contributed by atoms with Gasteiger partial charge in [-0.3, -0.25) is 0 Å². The molecule has 6 heteroatoms. The van der Waals surface area contributed by atoms with Gasteiger partial charge in [0, 0.05) is 17.6 Å². The summed E-state index contributed by atoms with van der Waals surface area (Å²) in [7, 11) is 0. The van der Waals surface area contributed by atoms with Crippen molar-refractivity contribution in [3.63, 3.8) is 0 Å². The molecule has 1 aliphatic rings. The van der Waals surface area contributed by atoms with Crippen molar-refractivity contribution in [3.05, 3.63) is 70.2 Å². The number of hydrogen-bond donors (Lipinski definition) is 3. The first-order chi connectivity index (χ1) is 12.0. The van der Waals surface area contributed by atoms with E-state index >= 15 is 0 Å². The number of halogens is 1. The highest BCUT2D eigenvalue weighted by Gasteiger charge is 2.31. The van der Waals surface area contributed by atoms with E-state index in [1.54, 1.807) is 12.1 Å². The average molecular weight is 359 g/mol. The highest BCUT2D eigenvalue weighted by molar-refractivity contribution is 6.30. The summed E-state index contributed by atoms with van der Waals surface area (Å²) >= 11 is 5.89. The molecule has 5 nitrogen and oxygen atoms in total. The number of carbonyl (C=O) groups is 2. The molecule has 1 saturated carbocycles. The summed E-state index contributed by atoms with van der Waals surface area (Å²) in [5, 5.41) is 15.3. The minimum atomic E-state index is -0.961. The molecule has 130 valence electrons. The van der Waals surface area contributed by atoms with Crippen LogP contribution in [0.4, 0.5) is 4.79 Å². The van der Waals surface area contributed by atoms with E-state index in [-0.39, 0.29) is 17.6 Å². The Labute approximate surface area is 151 Å². The summed E-state index contributed by atoms with van der Waals surface area (Å²) in [4.78, 5) is 22.7. The van der Waals surface area contributed by atoms with Gasteiger partial charge in [0.1, 0.15) is 0 Å². The Morgan fingerprint density at radius 1 is 1.04 bits per heavy atom. The zero-order chi connectivity index (χ0) is 17.8. The van der Waals surface area contributed by atoms with Crippen molar-refractivity contribution in [2.45, 2.75) is 31.3 Å². The second-order valence-corrected chi connectivity index (χ2v) is 6.68. The fourth-order valence-corrected chi connectivity index (χ4v) is 3.05. The van der Waals surface area contributed by atoms with Crippen LogP contribution in [0.5, 0.6) is 0 Å². The van der Waals surface area contributed by atoms with Crippen LogP contribution >= 0.6 is 11.6 Å². The summed E-state index contributed by atoms with van der Waals surface area (Å²) in [6.45, 7) is 0.360. The number of carboxylic acid groups (broad SMARTS) is 1. The molecule has 1 fully saturated rings. The number of aromatic carboxylic acids is 1. The third-order valence-electron chi connectivity index (χ3n) is 4.47. The van der Waals surface area contributed by atoms with Gasteiger partial charge in [0.25, 0.3) is 0 Å². The molecule has 1 aliphatic carbocycles. The van der Waals surface area contributed by atoms with E-state index in [1.807, 2.05) is 24.3 Å². The normalized spacial score (nSPS) is 18.9. The lowest BCUT2D eigenvalue weighted by molar-refractivity contribution is 0.0697. The molecule has 0 unspecified atom stereocenters. The molecule has 3 rings (SSSR count). The smallest absolute Gasteiger partial charge is 0.335 e. The SMILES string of the molecule is O=C(NCc1ccc(C(=O)O)cc1)NC1CC(c2ccc(Cl)cc2)C1. The first kappa shape index (κ1) is 17.3. The summed E-state index contributed by atoms with van der Waals surface area (Å²) < 4.78 is 0. The van der Waals surface area contributed by atoms with Gasteiger partial charge in [-0.25, -0.2) is 9.59 Å². The first-order valence-corrected chi connectivity index (χ1v) is 8.51. The molecular weight excluding hydrogens is 340 g/mol. The van der Waals surface area contributed by atoms with Crippen LogP contribution in [0, 0.1) is 0 Å². The van der Waals surface area contributed by atoms with Crippen molar-refractivity contribution in [1.29, 1.82) is 0 Å². The average Bonchev–Trinajstić information content (AvgIpc) is 2.57. The molecule has 25 heavy (non-hydrogen) atoms. The van der Waals surface area contributed by atoms with E-state index in [1.165, 1.54) is 17.7 Å². The maximum absolute atomic E-state index is 11.9. The number of nitrogens with one attached hydrogen (secondary N) is 2. The fourth-order valence-electron chi connectivity index (χ4n) is 2.93. The second kappa shape index (κ2) is 7.57. The van der Waals surface area contributed by atoms with Crippen molar-refractivity contribution >= 4 is 23.6 Å². The number of urea groups is 1. The molecule has 2 aromatic rings. The molecule has 0 aliphatic heterocycles. The van der Waals surface area contributed by atoms with Crippen molar-refractivity contribution in [2.75, 3.05) is 0 Å². The van der Waals surface area contributed by atoms with Crippen LogP contribution in [0.3, 0.4) is 0 Å². The number of benzene rings is 2. The lowest BCUT2D eigenvalue weighted by atomic mass is 9.76. The van der Waals surface area contributed by atoms with Crippen molar-refractivity contribution < 1.29 is 14.7 Å². The quantitative estimate of drug-likeness (QED) is 0.761. The molecule has 0 saturated heterocycles. The van der Waals surface area contributed by atoms with Crippen molar-refractivity contribution in [3.8, 4) is 0 Å². The molecule has 0 radical (unpaired) electrons.